The third-order valence-corrected chi connectivity index (χ3v) is 13.2. The lowest BCUT2D eigenvalue weighted by Gasteiger charge is -2.33. The highest BCUT2D eigenvalue weighted by atomic mass is 16.3. The predicted octanol–water partition coefficient (Wildman–Crippen LogP) is 9.60. The highest BCUT2D eigenvalue weighted by Crippen LogP contribution is 2.48. The minimum absolute atomic E-state index is 0.320. The van der Waals surface area contributed by atoms with Crippen molar-refractivity contribution in [2.45, 2.75) is 113 Å². The van der Waals surface area contributed by atoms with Crippen LogP contribution in [0.4, 0.5) is 11.4 Å². The first-order valence-corrected chi connectivity index (χ1v) is 20.4. The Morgan fingerprint density at radius 3 is 1.17 bits per heavy atom. The van der Waals surface area contributed by atoms with E-state index in [1.54, 1.807) is 0 Å². The van der Waals surface area contributed by atoms with Crippen molar-refractivity contribution in [1.82, 2.24) is 18.8 Å². The van der Waals surface area contributed by atoms with Crippen molar-refractivity contribution < 1.29 is 10.2 Å². The summed E-state index contributed by atoms with van der Waals surface area (Å²) in [7, 11) is 0. The molecule has 4 aliphatic rings. The van der Waals surface area contributed by atoms with Gasteiger partial charge in [0.2, 0.25) is 0 Å². The smallest absolute Gasteiger partial charge is 0.0995 e. The van der Waals surface area contributed by atoms with Gasteiger partial charge in [-0.3, -0.25) is 0 Å². The van der Waals surface area contributed by atoms with Crippen LogP contribution in [0.3, 0.4) is 0 Å². The van der Waals surface area contributed by atoms with E-state index in [0.717, 1.165) is 85.2 Å². The molecule has 0 saturated heterocycles. The number of imidazole rings is 2. The van der Waals surface area contributed by atoms with Crippen LogP contribution >= 0.6 is 0 Å². The molecule has 4 aromatic heterocycles. The number of pyridine rings is 2. The predicted molar refractivity (Wildman–Crippen MR) is 215 cm³/mol. The van der Waals surface area contributed by atoms with Crippen molar-refractivity contribution in [1.29, 1.82) is 0 Å². The van der Waals surface area contributed by atoms with E-state index in [9.17, 15) is 10.2 Å². The lowest BCUT2D eigenvalue weighted by Crippen LogP contribution is -2.22. The van der Waals surface area contributed by atoms with Crippen LogP contribution in [0.1, 0.15) is 147 Å². The Bertz CT molecular complexity index is 2030. The number of rotatable bonds is 8. The molecule has 0 bridgehead atoms. The molecule has 0 unspecified atom stereocenters. The van der Waals surface area contributed by atoms with Gasteiger partial charge in [0.25, 0.3) is 0 Å². The van der Waals surface area contributed by atoms with Gasteiger partial charge in [-0.25, -0.2) is 9.97 Å². The van der Waals surface area contributed by atoms with Crippen molar-refractivity contribution in [3.05, 3.63) is 131 Å². The molecule has 2 atom stereocenters. The molecule has 2 aromatic carbocycles. The molecule has 0 amide bonds. The van der Waals surface area contributed by atoms with E-state index in [4.69, 9.17) is 11.5 Å². The van der Waals surface area contributed by atoms with Crippen LogP contribution in [-0.4, -0.2) is 29.0 Å². The summed E-state index contributed by atoms with van der Waals surface area (Å²) in [5, 5.41) is 22.7. The van der Waals surface area contributed by atoms with Crippen molar-refractivity contribution >= 4 is 22.4 Å². The van der Waals surface area contributed by atoms with Crippen LogP contribution < -0.4 is 11.5 Å². The summed E-state index contributed by atoms with van der Waals surface area (Å²) in [6.07, 6.45) is 20.4. The van der Waals surface area contributed by atoms with Crippen LogP contribution in [0.5, 0.6) is 0 Å². The van der Waals surface area contributed by atoms with Gasteiger partial charge in [-0.15, -0.1) is 0 Å². The molecule has 4 heterocycles. The molecule has 6 aromatic rings. The number of nitrogen functional groups attached to an aromatic ring is 2. The first-order valence-electron chi connectivity index (χ1n) is 20.4. The standard InChI is InChI=1S/2C23H27N3O/c2*24-19-9-7-16(8-10-19)15-1-5-18(6-2-15)23(27)22-21(17-3-4-17)12-11-20-13-25-14-26(20)22/h2*7-15,17-18,23,27H,1-6,24H2/t2*15?,18?,23-/m10/s1. The summed E-state index contributed by atoms with van der Waals surface area (Å²) >= 11 is 0. The second kappa shape index (κ2) is 14.9. The minimum atomic E-state index is -0.411. The molecule has 4 fully saturated rings. The monoisotopic (exact) mass is 722 g/mol. The summed E-state index contributed by atoms with van der Waals surface area (Å²) < 4.78 is 4.23. The van der Waals surface area contributed by atoms with Gasteiger partial charge < -0.3 is 30.5 Å². The maximum atomic E-state index is 11.3. The van der Waals surface area contributed by atoms with Crippen LogP contribution in [0, 0.1) is 11.8 Å². The van der Waals surface area contributed by atoms with Gasteiger partial charge in [0.15, 0.2) is 0 Å². The van der Waals surface area contributed by atoms with Gasteiger partial charge in [0, 0.05) is 11.4 Å². The number of aromatic nitrogens is 4. The fraction of sp³-hybridized carbons (Fsp3) is 0.435. The number of nitrogens with zero attached hydrogens (tertiary/aromatic N) is 4. The maximum absolute atomic E-state index is 11.3. The van der Waals surface area contributed by atoms with Gasteiger partial charge in [-0.05, 0) is 171 Å². The van der Waals surface area contributed by atoms with Crippen LogP contribution in [0.15, 0.2) is 97.8 Å². The van der Waals surface area contributed by atoms with Gasteiger partial charge in [-0.2, -0.15) is 0 Å². The third kappa shape index (κ3) is 7.14. The average Bonchev–Trinajstić information content (AvgIpc) is 4.14. The Labute approximate surface area is 318 Å². The van der Waals surface area contributed by atoms with Crippen LogP contribution in [-0.2, 0) is 0 Å². The van der Waals surface area contributed by atoms with Gasteiger partial charge in [0.05, 0.1) is 59.7 Å². The zero-order chi connectivity index (χ0) is 36.8. The Hall–Kier alpha value is -4.66. The van der Waals surface area contributed by atoms with E-state index in [2.05, 4.69) is 67.3 Å². The molecule has 6 N–H and O–H groups in total. The number of aliphatic hydroxyl groups excluding tert-OH is 2. The lowest BCUT2D eigenvalue weighted by molar-refractivity contribution is 0.0753. The fourth-order valence-corrected chi connectivity index (χ4v) is 9.68. The number of anilines is 2. The summed E-state index contributed by atoms with van der Waals surface area (Å²) in [6, 6.07) is 25.3. The maximum Gasteiger partial charge on any atom is 0.0995 e. The number of hydrogen-bond donors (Lipinski definition) is 4. The molecule has 0 aliphatic heterocycles. The number of nitrogens with two attached hydrogens (primary N) is 2. The van der Waals surface area contributed by atoms with Gasteiger partial charge >= 0.3 is 0 Å². The number of hydrogen-bond acceptors (Lipinski definition) is 6. The van der Waals surface area contributed by atoms with E-state index in [-0.39, 0.29) is 0 Å². The second-order valence-electron chi connectivity index (χ2n) is 16.7. The molecule has 280 valence electrons. The molecule has 8 heteroatoms. The molecule has 4 aliphatic carbocycles. The number of aliphatic hydroxyl groups is 2. The molecule has 10 rings (SSSR count). The summed E-state index contributed by atoms with van der Waals surface area (Å²) in [5.41, 5.74) is 23.0. The first kappa shape index (κ1) is 35.1. The second-order valence-corrected chi connectivity index (χ2v) is 16.7. The normalized spacial score (nSPS) is 24.2. The van der Waals surface area contributed by atoms with E-state index in [0.29, 0.717) is 35.5 Å². The third-order valence-electron chi connectivity index (χ3n) is 13.2. The first-order chi connectivity index (χ1) is 26.4. The Morgan fingerprint density at radius 1 is 0.463 bits per heavy atom. The Kier molecular flexibility index (Phi) is 9.66. The molecular weight excluding hydrogens is 669 g/mol. The van der Waals surface area contributed by atoms with Crippen LogP contribution in [0.2, 0.25) is 0 Å². The molecule has 4 saturated carbocycles. The van der Waals surface area contributed by atoms with E-state index in [1.165, 1.54) is 47.9 Å². The van der Waals surface area contributed by atoms with Crippen molar-refractivity contribution in [3.63, 3.8) is 0 Å². The zero-order valence-electron chi connectivity index (χ0n) is 31.2. The number of benzene rings is 2. The van der Waals surface area contributed by atoms with Crippen molar-refractivity contribution in [3.8, 4) is 0 Å². The Morgan fingerprint density at radius 2 is 0.815 bits per heavy atom. The van der Waals surface area contributed by atoms with E-state index < -0.39 is 12.2 Å². The number of fused-ring (bicyclic) bond motifs is 2. The average molecular weight is 723 g/mol. The van der Waals surface area contributed by atoms with Crippen molar-refractivity contribution in [2.24, 2.45) is 11.8 Å². The lowest BCUT2D eigenvalue weighted by atomic mass is 9.75. The fourth-order valence-electron chi connectivity index (χ4n) is 9.68. The molecule has 8 nitrogen and oxygen atoms in total. The molecule has 54 heavy (non-hydrogen) atoms. The highest BCUT2D eigenvalue weighted by Gasteiger charge is 2.36. The van der Waals surface area contributed by atoms with E-state index >= 15 is 0 Å². The summed E-state index contributed by atoms with van der Waals surface area (Å²) in [6.45, 7) is 0. The molecule has 0 spiro atoms. The van der Waals surface area contributed by atoms with Gasteiger partial charge in [0.1, 0.15) is 0 Å². The molecular formula is C46H54N6O2. The van der Waals surface area contributed by atoms with Crippen LogP contribution in [0.25, 0.3) is 11.0 Å². The molecule has 0 radical (unpaired) electrons. The topological polar surface area (TPSA) is 127 Å². The van der Waals surface area contributed by atoms with Gasteiger partial charge in [-0.1, -0.05) is 36.4 Å². The summed E-state index contributed by atoms with van der Waals surface area (Å²) in [5.74, 6) is 3.04. The Balaban J connectivity index is 0.000000142. The minimum Gasteiger partial charge on any atom is -0.399 e. The highest BCUT2D eigenvalue weighted by molar-refractivity contribution is 5.51. The largest absolute Gasteiger partial charge is 0.399 e. The zero-order valence-corrected chi connectivity index (χ0v) is 31.2. The SMILES string of the molecule is Nc1ccc(C2CCC([C@@H](O)c3c(C4CC4)ccc4cncn34)CC2)cc1.Nc1ccc(C2CCC([C@H](O)c3c(C4CC4)ccc4cncn34)CC2)cc1. The quantitative estimate of drug-likeness (QED) is 0.116. The summed E-state index contributed by atoms with van der Waals surface area (Å²) in [4.78, 5) is 8.62. The van der Waals surface area contributed by atoms with E-state index in [1.807, 2.05) is 49.3 Å². The van der Waals surface area contributed by atoms with Crippen molar-refractivity contribution in [2.75, 3.05) is 11.5 Å².